The van der Waals surface area contributed by atoms with Gasteiger partial charge in [-0.25, -0.2) is 8.42 Å². The van der Waals surface area contributed by atoms with Gasteiger partial charge >= 0.3 is 0 Å². The number of likely N-dealkylation sites (tertiary alicyclic amines) is 1. The lowest BCUT2D eigenvalue weighted by Crippen LogP contribution is -2.38. The Morgan fingerprint density at radius 3 is 2.44 bits per heavy atom. The monoisotopic (exact) mass is 390 g/mol. The molecular formula is C18H22N4O4S. The maximum atomic E-state index is 12.4. The third-order valence-corrected chi connectivity index (χ3v) is 6.56. The Kier molecular flexibility index (Phi) is 5.59. The Morgan fingerprint density at radius 2 is 1.85 bits per heavy atom. The minimum absolute atomic E-state index is 0.0300. The van der Waals surface area contributed by atoms with Gasteiger partial charge in [-0.2, -0.15) is 5.10 Å². The SMILES string of the molecule is NC(=O)c1cc(C2CCN(C(=O)CCS(=O)(=O)c3ccccc3)CC2)[nH]n1. The Bertz CT molecular complexity index is 916. The number of carbonyl (C=O) groups is 2. The number of primary amides is 1. The van der Waals surface area contributed by atoms with Crippen molar-refractivity contribution >= 4 is 21.7 Å². The van der Waals surface area contributed by atoms with Gasteiger partial charge in [0.1, 0.15) is 5.69 Å². The van der Waals surface area contributed by atoms with Crippen LogP contribution < -0.4 is 5.73 Å². The zero-order valence-electron chi connectivity index (χ0n) is 14.8. The number of aromatic nitrogens is 2. The lowest BCUT2D eigenvalue weighted by Gasteiger charge is -2.31. The molecule has 144 valence electrons. The molecule has 0 unspecified atom stereocenters. The molecule has 1 aliphatic rings. The zero-order chi connectivity index (χ0) is 19.4. The van der Waals surface area contributed by atoms with E-state index >= 15 is 0 Å². The molecule has 27 heavy (non-hydrogen) atoms. The van der Waals surface area contributed by atoms with Crippen LogP contribution in [0.4, 0.5) is 0 Å². The molecule has 0 radical (unpaired) electrons. The van der Waals surface area contributed by atoms with Crippen LogP contribution in [0.3, 0.4) is 0 Å². The summed E-state index contributed by atoms with van der Waals surface area (Å²) in [5.74, 6) is -0.763. The number of sulfone groups is 1. The summed E-state index contributed by atoms with van der Waals surface area (Å²) < 4.78 is 24.6. The second kappa shape index (κ2) is 7.91. The van der Waals surface area contributed by atoms with Crippen molar-refractivity contribution in [3.63, 3.8) is 0 Å². The second-order valence-electron chi connectivity index (χ2n) is 6.61. The summed E-state index contributed by atoms with van der Waals surface area (Å²) in [7, 11) is -3.46. The third-order valence-electron chi connectivity index (χ3n) is 4.82. The zero-order valence-corrected chi connectivity index (χ0v) is 15.6. The summed E-state index contributed by atoms with van der Waals surface area (Å²) >= 11 is 0. The fraction of sp³-hybridized carbons (Fsp3) is 0.389. The number of hydrogen-bond donors (Lipinski definition) is 2. The van der Waals surface area contributed by atoms with Crippen molar-refractivity contribution in [3.05, 3.63) is 47.8 Å². The lowest BCUT2D eigenvalue weighted by atomic mass is 9.93. The highest BCUT2D eigenvalue weighted by Crippen LogP contribution is 2.27. The van der Waals surface area contributed by atoms with Crippen LogP contribution in [0, 0.1) is 0 Å². The molecule has 0 saturated carbocycles. The second-order valence-corrected chi connectivity index (χ2v) is 8.72. The van der Waals surface area contributed by atoms with Gasteiger partial charge in [0.2, 0.25) is 5.91 Å². The number of hydrogen-bond acceptors (Lipinski definition) is 5. The Balaban J connectivity index is 1.52. The van der Waals surface area contributed by atoms with E-state index in [1.807, 2.05) is 0 Å². The number of nitrogens with one attached hydrogen (secondary N) is 1. The quantitative estimate of drug-likeness (QED) is 0.763. The largest absolute Gasteiger partial charge is 0.364 e. The first-order chi connectivity index (χ1) is 12.9. The van der Waals surface area contributed by atoms with Gasteiger partial charge in [0.05, 0.1) is 10.6 Å². The highest BCUT2D eigenvalue weighted by atomic mass is 32.2. The van der Waals surface area contributed by atoms with Crippen LogP contribution in [0.2, 0.25) is 0 Å². The fourth-order valence-electron chi connectivity index (χ4n) is 3.24. The first kappa shape index (κ1) is 19.1. The molecule has 0 aliphatic carbocycles. The van der Waals surface area contributed by atoms with Gasteiger partial charge in [-0.3, -0.25) is 14.7 Å². The van der Waals surface area contributed by atoms with Crippen LogP contribution in [0.15, 0.2) is 41.3 Å². The number of carbonyl (C=O) groups excluding carboxylic acids is 2. The molecule has 1 aromatic carbocycles. The number of piperidine rings is 1. The van der Waals surface area contributed by atoms with Crippen LogP contribution in [0.5, 0.6) is 0 Å². The number of rotatable bonds is 6. The van der Waals surface area contributed by atoms with E-state index in [1.165, 1.54) is 12.1 Å². The molecule has 2 amide bonds. The fourth-order valence-corrected chi connectivity index (χ4v) is 4.49. The third kappa shape index (κ3) is 4.54. The van der Waals surface area contributed by atoms with E-state index in [-0.39, 0.29) is 34.6 Å². The molecule has 3 rings (SSSR count). The summed E-state index contributed by atoms with van der Waals surface area (Å²) in [4.78, 5) is 25.5. The highest BCUT2D eigenvalue weighted by molar-refractivity contribution is 7.91. The Labute approximate surface area is 157 Å². The van der Waals surface area contributed by atoms with Gasteiger partial charge in [0, 0.05) is 31.1 Å². The predicted octanol–water partition coefficient (Wildman–Crippen LogP) is 1.08. The molecule has 0 atom stereocenters. The van der Waals surface area contributed by atoms with Gasteiger partial charge < -0.3 is 10.6 Å². The molecule has 1 aliphatic heterocycles. The summed E-state index contributed by atoms with van der Waals surface area (Å²) in [6.07, 6.45) is 1.41. The average molecular weight is 390 g/mol. The lowest BCUT2D eigenvalue weighted by molar-refractivity contribution is -0.131. The molecule has 0 spiro atoms. The number of nitrogens with zero attached hydrogens (tertiary/aromatic N) is 2. The van der Waals surface area contributed by atoms with Crippen molar-refractivity contribution < 1.29 is 18.0 Å². The molecule has 1 aromatic heterocycles. The number of amides is 2. The van der Waals surface area contributed by atoms with Gasteiger partial charge in [-0.15, -0.1) is 0 Å². The van der Waals surface area contributed by atoms with Crippen molar-refractivity contribution in [2.75, 3.05) is 18.8 Å². The van der Waals surface area contributed by atoms with E-state index in [4.69, 9.17) is 5.73 Å². The van der Waals surface area contributed by atoms with Crippen LogP contribution in [0.25, 0.3) is 0 Å². The van der Waals surface area contributed by atoms with Gasteiger partial charge in [-0.05, 0) is 31.0 Å². The number of benzene rings is 1. The average Bonchev–Trinajstić information content (AvgIpc) is 3.18. The minimum Gasteiger partial charge on any atom is -0.364 e. The first-order valence-corrected chi connectivity index (χ1v) is 10.4. The van der Waals surface area contributed by atoms with Crippen molar-refractivity contribution in [2.45, 2.75) is 30.1 Å². The highest BCUT2D eigenvalue weighted by Gasteiger charge is 2.26. The number of aromatic amines is 1. The predicted molar refractivity (Wildman–Crippen MR) is 98.8 cm³/mol. The molecule has 2 heterocycles. The molecule has 3 N–H and O–H groups in total. The van der Waals surface area contributed by atoms with Crippen LogP contribution in [0.1, 0.15) is 41.4 Å². The number of H-pyrrole nitrogens is 1. The van der Waals surface area contributed by atoms with Crippen LogP contribution >= 0.6 is 0 Å². The van der Waals surface area contributed by atoms with Gasteiger partial charge in [0.15, 0.2) is 9.84 Å². The van der Waals surface area contributed by atoms with Crippen molar-refractivity contribution in [3.8, 4) is 0 Å². The summed E-state index contributed by atoms with van der Waals surface area (Å²) in [6, 6.07) is 9.81. The normalized spacial score (nSPS) is 15.6. The molecule has 1 saturated heterocycles. The molecule has 8 nitrogen and oxygen atoms in total. The summed E-state index contributed by atoms with van der Waals surface area (Å²) in [6.45, 7) is 1.08. The van der Waals surface area contributed by atoms with Crippen LogP contribution in [-0.4, -0.2) is 54.2 Å². The van der Waals surface area contributed by atoms with E-state index < -0.39 is 15.7 Å². The number of nitrogens with two attached hydrogens (primary N) is 1. The van der Waals surface area contributed by atoms with E-state index in [0.717, 1.165) is 18.5 Å². The maximum Gasteiger partial charge on any atom is 0.269 e. The van der Waals surface area contributed by atoms with Crippen molar-refractivity contribution in [2.24, 2.45) is 5.73 Å². The first-order valence-electron chi connectivity index (χ1n) is 8.77. The van der Waals surface area contributed by atoms with E-state index in [9.17, 15) is 18.0 Å². The van der Waals surface area contributed by atoms with Crippen LogP contribution in [-0.2, 0) is 14.6 Å². The van der Waals surface area contributed by atoms with E-state index in [1.54, 1.807) is 29.2 Å². The Morgan fingerprint density at radius 1 is 1.19 bits per heavy atom. The standard InChI is InChI=1S/C18H22N4O4S/c19-18(24)16-12-15(20-21-16)13-6-9-22(10-7-13)17(23)8-11-27(25,26)14-4-2-1-3-5-14/h1-5,12-13H,6-11H2,(H2,19,24)(H,20,21). The maximum absolute atomic E-state index is 12.4. The molecule has 9 heteroatoms. The summed E-state index contributed by atoms with van der Waals surface area (Å²) in [5, 5.41) is 6.71. The molecular weight excluding hydrogens is 368 g/mol. The minimum atomic E-state index is -3.46. The van der Waals surface area contributed by atoms with Gasteiger partial charge in [-0.1, -0.05) is 18.2 Å². The molecule has 0 bridgehead atoms. The molecule has 1 fully saturated rings. The van der Waals surface area contributed by atoms with Crippen molar-refractivity contribution in [1.29, 1.82) is 0 Å². The van der Waals surface area contributed by atoms with Gasteiger partial charge in [0.25, 0.3) is 5.91 Å². The summed E-state index contributed by atoms with van der Waals surface area (Å²) in [5.41, 5.74) is 6.24. The topological polar surface area (TPSA) is 126 Å². The molecule has 2 aromatic rings. The Hall–Kier alpha value is -2.68. The van der Waals surface area contributed by atoms with E-state index in [0.29, 0.717) is 13.1 Å². The van der Waals surface area contributed by atoms with Crippen molar-refractivity contribution in [1.82, 2.24) is 15.1 Å². The van der Waals surface area contributed by atoms with E-state index in [2.05, 4.69) is 10.2 Å². The smallest absolute Gasteiger partial charge is 0.269 e.